The average Bonchev–Trinajstić information content (AvgIpc) is 2.79. The number of pyridine rings is 1. The standard InChI is InChI=1S/C27H32N2O4Si/c1-33-19-21-5-9-22(10-6-21)27(28-26(32)18-29-15-13-23(30)14-16-29)25(31)17-20-7-11-24(12-8-20)34(2,3)4/h5-16,27H,17-19H2,1-4H3,(H,28,32). The van der Waals surface area contributed by atoms with Crippen LogP contribution in [-0.4, -0.2) is 31.4 Å². The highest BCUT2D eigenvalue weighted by Crippen LogP contribution is 2.18. The van der Waals surface area contributed by atoms with Crippen molar-refractivity contribution in [2.24, 2.45) is 0 Å². The van der Waals surface area contributed by atoms with Crippen LogP contribution in [-0.2, 0) is 33.9 Å². The molecule has 1 N–H and O–H groups in total. The van der Waals surface area contributed by atoms with E-state index in [-0.39, 0.29) is 30.1 Å². The lowest BCUT2D eigenvalue weighted by Gasteiger charge is -2.20. The molecule has 0 fully saturated rings. The Bertz CT molecular complexity index is 1160. The van der Waals surface area contributed by atoms with Crippen molar-refractivity contribution in [1.29, 1.82) is 0 Å². The summed E-state index contributed by atoms with van der Waals surface area (Å²) < 4.78 is 6.77. The summed E-state index contributed by atoms with van der Waals surface area (Å²) in [6, 6.07) is 17.7. The fourth-order valence-electron chi connectivity index (χ4n) is 3.67. The minimum absolute atomic E-state index is 0.0106. The Morgan fingerprint density at radius 2 is 1.50 bits per heavy atom. The SMILES string of the molecule is COCc1ccc(C(NC(=O)Cn2ccc(=O)cc2)C(=O)Cc2ccc([Si](C)(C)C)cc2)cc1. The lowest BCUT2D eigenvalue weighted by molar-refractivity contribution is -0.128. The Morgan fingerprint density at radius 1 is 0.912 bits per heavy atom. The van der Waals surface area contributed by atoms with E-state index in [1.807, 2.05) is 36.4 Å². The van der Waals surface area contributed by atoms with Crippen LogP contribution in [0.2, 0.25) is 19.6 Å². The number of ketones is 1. The number of nitrogens with one attached hydrogen (secondary N) is 1. The quantitative estimate of drug-likeness (QED) is 0.456. The lowest BCUT2D eigenvalue weighted by Crippen LogP contribution is -2.38. The summed E-state index contributed by atoms with van der Waals surface area (Å²) >= 11 is 0. The van der Waals surface area contributed by atoms with Gasteiger partial charge >= 0.3 is 0 Å². The molecule has 1 aromatic heterocycles. The second-order valence-corrected chi connectivity index (χ2v) is 14.5. The van der Waals surface area contributed by atoms with E-state index in [1.54, 1.807) is 24.1 Å². The second-order valence-electron chi connectivity index (χ2n) is 9.47. The van der Waals surface area contributed by atoms with Crippen LogP contribution < -0.4 is 15.9 Å². The first kappa shape index (κ1) is 25.3. The van der Waals surface area contributed by atoms with E-state index in [9.17, 15) is 14.4 Å². The van der Waals surface area contributed by atoms with Crippen molar-refractivity contribution >= 4 is 25.0 Å². The number of amides is 1. The van der Waals surface area contributed by atoms with E-state index >= 15 is 0 Å². The smallest absolute Gasteiger partial charge is 0.240 e. The van der Waals surface area contributed by atoms with Gasteiger partial charge in [-0.25, -0.2) is 0 Å². The van der Waals surface area contributed by atoms with Gasteiger partial charge in [0.2, 0.25) is 5.91 Å². The summed E-state index contributed by atoms with van der Waals surface area (Å²) in [5.74, 6) is -0.398. The van der Waals surface area contributed by atoms with Crippen LogP contribution in [0.1, 0.15) is 22.7 Å². The van der Waals surface area contributed by atoms with Gasteiger partial charge in [-0.3, -0.25) is 14.4 Å². The molecule has 0 radical (unpaired) electrons. The first-order valence-electron chi connectivity index (χ1n) is 11.3. The highest BCUT2D eigenvalue weighted by molar-refractivity contribution is 6.88. The van der Waals surface area contributed by atoms with Crippen molar-refractivity contribution in [3.8, 4) is 0 Å². The molecule has 6 nitrogen and oxygen atoms in total. The molecule has 3 rings (SSSR count). The van der Waals surface area contributed by atoms with Gasteiger partial charge in [0.25, 0.3) is 0 Å². The van der Waals surface area contributed by atoms with Gasteiger partial charge in [-0.1, -0.05) is 73.4 Å². The fourth-order valence-corrected chi connectivity index (χ4v) is 4.84. The lowest BCUT2D eigenvalue weighted by atomic mass is 9.96. The molecule has 178 valence electrons. The van der Waals surface area contributed by atoms with E-state index in [4.69, 9.17) is 4.74 Å². The fraction of sp³-hybridized carbons (Fsp3) is 0.296. The molecule has 0 aliphatic heterocycles. The number of methoxy groups -OCH3 is 1. The first-order valence-corrected chi connectivity index (χ1v) is 14.8. The van der Waals surface area contributed by atoms with Gasteiger partial charge in [-0.15, -0.1) is 0 Å². The summed E-state index contributed by atoms with van der Waals surface area (Å²) in [6.07, 6.45) is 3.32. The average molecular weight is 477 g/mol. The second kappa shape index (κ2) is 11.2. The summed E-state index contributed by atoms with van der Waals surface area (Å²) in [6.45, 7) is 7.34. The summed E-state index contributed by atoms with van der Waals surface area (Å²) in [5.41, 5.74) is 2.50. The van der Waals surface area contributed by atoms with Crippen molar-refractivity contribution in [1.82, 2.24) is 9.88 Å². The van der Waals surface area contributed by atoms with Gasteiger partial charge in [-0.2, -0.15) is 0 Å². The molecule has 0 saturated carbocycles. The van der Waals surface area contributed by atoms with Crippen molar-refractivity contribution in [2.45, 2.75) is 45.3 Å². The molecular formula is C27H32N2O4Si. The van der Waals surface area contributed by atoms with Crippen LogP contribution in [0.3, 0.4) is 0 Å². The Labute approximate surface area is 201 Å². The monoisotopic (exact) mass is 476 g/mol. The van der Waals surface area contributed by atoms with E-state index in [1.165, 1.54) is 17.3 Å². The third-order valence-electron chi connectivity index (χ3n) is 5.64. The number of hydrogen-bond donors (Lipinski definition) is 1. The predicted octanol–water partition coefficient (Wildman–Crippen LogP) is 3.21. The van der Waals surface area contributed by atoms with Crippen molar-refractivity contribution in [2.75, 3.05) is 7.11 Å². The predicted molar refractivity (Wildman–Crippen MR) is 137 cm³/mol. The largest absolute Gasteiger partial charge is 0.380 e. The molecule has 0 bridgehead atoms. The van der Waals surface area contributed by atoms with E-state index < -0.39 is 14.1 Å². The Hall–Kier alpha value is -3.29. The van der Waals surface area contributed by atoms with Crippen LogP contribution in [0.5, 0.6) is 0 Å². The van der Waals surface area contributed by atoms with Crippen molar-refractivity contribution in [3.63, 3.8) is 0 Å². The Kier molecular flexibility index (Phi) is 8.36. The molecule has 1 atom stereocenters. The molecule has 1 unspecified atom stereocenters. The maximum atomic E-state index is 13.4. The number of Topliss-reactive ketones (excluding diaryl/α,β-unsaturated/α-hetero) is 1. The van der Waals surface area contributed by atoms with E-state index in [2.05, 4.69) is 37.1 Å². The van der Waals surface area contributed by atoms with Crippen LogP contribution >= 0.6 is 0 Å². The third kappa shape index (κ3) is 7.10. The van der Waals surface area contributed by atoms with Crippen molar-refractivity contribution in [3.05, 3.63) is 100.0 Å². The van der Waals surface area contributed by atoms with Crippen LogP contribution in [0.25, 0.3) is 0 Å². The normalized spacial score (nSPS) is 12.2. The number of nitrogens with zero attached hydrogens (tertiary/aromatic N) is 1. The van der Waals surface area contributed by atoms with Gasteiger partial charge < -0.3 is 14.6 Å². The highest BCUT2D eigenvalue weighted by atomic mass is 28.3. The van der Waals surface area contributed by atoms with Crippen LogP contribution in [0, 0.1) is 0 Å². The molecule has 2 aromatic carbocycles. The van der Waals surface area contributed by atoms with Gasteiger partial charge in [-0.05, 0) is 16.7 Å². The van der Waals surface area contributed by atoms with Gasteiger partial charge in [0.15, 0.2) is 11.2 Å². The zero-order chi connectivity index (χ0) is 24.7. The minimum Gasteiger partial charge on any atom is -0.380 e. The molecule has 0 saturated heterocycles. The number of ether oxygens (including phenoxy) is 1. The molecule has 0 spiro atoms. The zero-order valence-electron chi connectivity index (χ0n) is 20.2. The summed E-state index contributed by atoms with van der Waals surface area (Å²) in [7, 11) is 0.210. The number of carbonyl (C=O) groups excluding carboxylic acids is 2. The molecule has 0 aliphatic rings. The molecule has 1 amide bonds. The highest BCUT2D eigenvalue weighted by Gasteiger charge is 2.23. The van der Waals surface area contributed by atoms with E-state index in [0.29, 0.717) is 6.61 Å². The molecule has 1 heterocycles. The molecule has 7 heteroatoms. The topological polar surface area (TPSA) is 77.4 Å². The van der Waals surface area contributed by atoms with Crippen LogP contribution in [0.4, 0.5) is 0 Å². The molecule has 0 aliphatic carbocycles. The minimum atomic E-state index is -1.42. The number of hydrogen-bond acceptors (Lipinski definition) is 4. The molecule has 3 aromatic rings. The summed E-state index contributed by atoms with van der Waals surface area (Å²) in [5, 5.41) is 4.23. The maximum absolute atomic E-state index is 13.4. The third-order valence-corrected chi connectivity index (χ3v) is 7.70. The maximum Gasteiger partial charge on any atom is 0.240 e. The number of benzene rings is 2. The summed E-state index contributed by atoms with van der Waals surface area (Å²) in [4.78, 5) is 37.5. The van der Waals surface area contributed by atoms with Gasteiger partial charge in [0.05, 0.1) is 14.7 Å². The van der Waals surface area contributed by atoms with E-state index in [0.717, 1.165) is 16.7 Å². The molecule has 34 heavy (non-hydrogen) atoms. The molecular weight excluding hydrogens is 444 g/mol. The Morgan fingerprint density at radius 3 is 2.06 bits per heavy atom. The van der Waals surface area contributed by atoms with Crippen LogP contribution in [0.15, 0.2) is 77.9 Å². The van der Waals surface area contributed by atoms with Gasteiger partial charge in [0, 0.05) is 38.1 Å². The van der Waals surface area contributed by atoms with Gasteiger partial charge in [0.1, 0.15) is 12.6 Å². The number of rotatable bonds is 10. The van der Waals surface area contributed by atoms with Crippen molar-refractivity contribution < 1.29 is 14.3 Å². The zero-order valence-corrected chi connectivity index (χ0v) is 21.2. The number of aromatic nitrogens is 1. The first-order chi connectivity index (χ1) is 16.2. The Balaban J connectivity index is 1.79. The number of carbonyl (C=O) groups is 2.